The average molecular weight is 514 g/mol. The van der Waals surface area contributed by atoms with Crippen molar-refractivity contribution in [1.29, 1.82) is 0 Å². The van der Waals surface area contributed by atoms with Crippen molar-refractivity contribution in [2.75, 3.05) is 0 Å². The molecule has 0 atom stereocenters. The lowest BCUT2D eigenvalue weighted by molar-refractivity contribution is -0.385. The number of thiophene rings is 1. The molecule has 2 N–H and O–H groups in total. The topological polar surface area (TPSA) is 105 Å². The van der Waals surface area contributed by atoms with Crippen molar-refractivity contribution >= 4 is 50.1 Å². The second kappa shape index (κ2) is 9.62. The molecular formula is C23H20BrN3O4S. The van der Waals surface area contributed by atoms with Crippen molar-refractivity contribution in [2.24, 2.45) is 4.99 Å². The molecule has 2 aromatic carbocycles. The first kappa shape index (κ1) is 22.2. The number of fused-ring (bicyclic) bond motifs is 1. The summed E-state index contributed by atoms with van der Waals surface area (Å²) in [6.07, 6.45) is 5.19. The fourth-order valence-corrected chi connectivity index (χ4v) is 5.37. The van der Waals surface area contributed by atoms with Crippen molar-refractivity contribution in [3.05, 3.63) is 84.2 Å². The largest absolute Gasteiger partial charge is 0.506 e. The van der Waals surface area contributed by atoms with E-state index < -0.39 is 4.92 Å². The molecule has 9 heteroatoms. The molecule has 164 valence electrons. The SMILES string of the molecule is O=C(NCc1ccccc1)c1c(N=Cc2cc([N+](=O)[O-])cc(Br)c2O)sc2c1CCCC2. The molecule has 0 aliphatic heterocycles. The fraction of sp³-hybridized carbons (Fsp3) is 0.217. The molecule has 1 heterocycles. The summed E-state index contributed by atoms with van der Waals surface area (Å²) >= 11 is 4.61. The number of halogens is 1. The third kappa shape index (κ3) is 4.73. The number of nitrogens with one attached hydrogen (secondary N) is 1. The Bertz CT molecular complexity index is 1210. The van der Waals surface area contributed by atoms with Crippen molar-refractivity contribution < 1.29 is 14.8 Å². The summed E-state index contributed by atoms with van der Waals surface area (Å²) < 4.78 is 0.208. The molecule has 1 amide bonds. The average Bonchev–Trinajstić information content (AvgIpc) is 3.17. The van der Waals surface area contributed by atoms with Crippen LogP contribution in [0.3, 0.4) is 0 Å². The van der Waals surface area contributed by atoms with Gasteiger partial charge in [-0.1, -0.05) is 30.3 Å². The van der Waals surface area contributed by atoms with Gasteiger partial charge in [-0.05, 0) is 52.7 Å². The minimum atomic E-state index is -0.534. The van der Waals surface area contributed by atoms with Gasteiger partial charge in [-0.25, -0.2) is 4.99 Å². The van der Waals surface area contributed by atoms with Gasteiger partial charge in [-0.3, -0.25) is 14.9 Å². The molecule has 1 aliphatic carbocycles. The molecule has 4 rings (SSSR count). The molecule has 0 unspecified atom stereocenters. The molecule has 0 spiro atoms. The van der Waals surface area contributed by atoms with Crippen molar-refractivity contribution in [3.63, 3.8) is 0 Å². The van der Waals surface area contributed by atoms with Gasteiger partial charge in [0.25, 0.3) is 11.6 Å². The van der Waals surface area contributed by atoms with E-state index in [4.69, 9.17) is 0 Å². The summed E-state index contributed by atoms with van der Waals surface area (Å²) in [5, 5.41) is 25.0. The van der Waals surface area contributed by atoms with E-state index in [1.54, 1.807) is 0 Å². The van der Waals surface area contributed by atoms with Crippen LogP contribution in [0.2, 0.25) is 0 Å². The van der Waals surface area contributed by atoms with Gasteiger partial charge >= 0.3 is 0 Å². The number of rotatable bonds is 6. The summed E-state index contributed by atoms with van der Waals surface area (Å²) in [5.74, 6) is -0.333. The number of nitro benzene ring substituents is 1. The molecule has 0 bridgehead atoms. The Morgan fingerprint density at radius 2 is 2.00 bits per heavy atom. The van der Waals surface area contributed by atoms with E-state index in [1.807, 2.05) is 30.3 Å². The smallest absolute Gasteiger partial charge is 0.271 e. The Morgan fingerprint density at radius 3 is 2.75 bits per heavy atom. The lowest BCUT2D eigenvalue weighted by Crippen LogP contribution is -2.24. The maximum atomic E-state index is 13.1. The zero-order chi connectivity index (χ0) is 22.7. The fourth-order valence-electron chi connectivity index (χ4n) is 3.68. The molecular weight excluding hydrogens is 494 g/mol. The van der Waals surface area contributed by atoms with E-state index in [0.29, 0.717) is 17.1 Å². The minimum Gasteiger partial charge on any atom is -0.506 e. The van der Waals surface area contributed by atoms with Gasteiger partial charge in [0, 0.05) is 35.3 Å². The third-order valence-electron chi connectivity index (χ3n) is 5.29. The van der Waals surface area contributed by atoms with Gasteiger partial charge in [-0.2, -0.15) is 0 Å². The lowest BCUT2D eigenvalue weighted by atomic mass is 9.95. The molecule has 3 aromatic rings. The number of nitro groups is 1. The number of hydrogen-bond acceptors (Lipinski definition) is 6. The minimum absolute atomic E-state index is 0.143. The summed E-state index contributed by atoms with van der Waals surface area (Å²) in [5.41, 5.74) is 2.63. The molecule has 7 nitrogen and oxygen atoms in total. The predicted octanol–water partition coefficient (Wildman–Crippen LogP) is 5.68. The first-order chi connectivity index (χ1) is 15.4. The second-order valence-electron chi connectivity index (χ2n) is 7.44. The summed E-state index contributed by atoms with van der Waals surface area (Å²) in [7, 11) is 0. The number of phenols is 1. The number of nitrogens with zero attached hydrogens (tertiary/aromatic N) is 2. The Hall–Kier alpha value is -3.04. The standard InChI is InChI=1S/C23H20BrN3O4S/c24-18-11-16(27(30)31)10-15(21(18)28)13-26-23-20(17-8-4-5-9-19(17)32-23)22(29)25-12-14-6-2-1-3-7-14/h1-3,6-7,10-11,13,28H,4-5,8-9,12H2,(H,25,29). The van der Waals surface area contributed by atoms with Crippen LogP contribution >= 0.6 is 27.3 Å². The van der Waals surface area contributed by atoms with Gasteiger partial charge in [0.1, 0.15) is 10.8 Å². The molecule has 32 heavy (non-hydrogen) atoms. The van der Waals surface area contributed by atoms with Crippen LogP contribution in [0, 0.1) is 10.1 Å². The number of phenolic OH excluding ortho intramolecular Hbond substituents is 1. The molecule has 0 radical (unpaired) electrons. The van der Waals surface area contributed by atoms with E-state index in [9.17, 15) is 20.0 Å². The highest BCUT2D eigenvalue weighted by Crippen LogP contribution is 2.40. The molecule has 1 aliphatic rings. The molecule has 0 fully saturated rings. The number of aryl methyl sites for hydroxylation is 1. The number of benzene rings is 2. The van der Waals surface area contributed by atoms with Crippen molar-refractivity contribution in [3.8, 4) is 5.75 Å². The lowest BCUT2D eigenvalue weighted by Gasteiger charge is -2.12. The van der Waals surface area contributed by atoms with Gasteiger partial charge in [-0.15, -0.1) is 11.3 Å². The van der Waals surface area contributed by atoms with Crippen molar-refractivity contribution in [2.45, 2.75) is 32.2 Å². The number of aromatic hydroxyl groups is 1. The van der Waals surface area contributed by atoms with Crippen LogP contribution < -0.4 is 5.32 Å². The van der Waals surface area contributed by atoms with E-state index in [1.165, 1.54) is 29.7 Å². The summed E-state index contributed by atoms with van der Waals surface area (Å²) in [6.45, 7) is 0.409. The maximum absolute atomic E-state index is 13.1. The zero-order valence-electron chi connectivity index (χ0n) is 17.0. The number of carbonyl (C=O) groups is 1. The van der Waals surface area contributed by atoms with E-state index in [2.05, 4.69) is 26.2 Å². The van der Waals surface area contributed by atoms with Gasteiger partial charge < -0.3 is 10.4 Å². The summed E-state index contributed by atoms with van der Waals surface area (Å²) in [6, 6.07) is 12.2. The third-order valence-corrected chi connectivity index (χ3v) is 7.09. The van der Waals surface area contributed by atoms with Crippen LogP contribution in [0.4, 0.5) is 10.7 Å². The first-order valence-electron chi connectivity index (χ1n) is 10.1. The first-order valence-corrected chi connectivity index (χ1v) is 11.7. The highest BCUT2D eigenvalue weighted by Gasteiger charge is 2.25. The highest BCUT2D eigenvalue weighted by molar-refractivity contribution is 9.10. The Balaban J connectivity index is 1.67. The van der Waals surface area contributed by atoms with E-state index in [0.717, 1.165) is 41.7 Å². The summed E-state index contributed by atoms with van der Waals surface area (Å²) in [4.78, 5) is 29.4. The number of hydrogen-bond donors (Lipinski definition) is 2. The van der Waals surface area contributed by atoms with Crippen LogP contribution in [-0.4, -0.2) is 22.2 Å². The predicted molar refractivity (Wildman–Crippen MR) is 128 cm³/mol. The molecule has 0 saturated heterocycles. The normalized spacial score (nSPS) is 13.2. The Labute approximate surface area is 197 Å². The second-order valence-corrected chi connectivity index (χ2v) is 9.38. The molecule has 1 aromatic heterocycles. The number of aliphatic imine (C=N–C) groups is 1. The highest BCUT2D eigenvalue weighted by atomic mass is 79.9. The van der Waals surface area contributed by atoms with Crippen LogP contribution in [0.15, 0.2) is 51.9 Å². The molecule has 0 saturated carbocycles. The zero-order valence-corrected chi connectivity index (χ0v) is 19.4. The van der Waals surface area contributed by atoms with Crippen LogP contribution in [0.1, 0.15) is 44.8 Å². The monoisotopic (exact) mass is 513 g/mol. The number of amides is 1. The number of carbonyl (C=O) groups excluding carboxylic acids is 1. The van der Waals surface area contributed by atoms with Gasteiger partial charge in [0.05, 0.1) is 15.0 Å². The van der Waals surface area contributed by atoms with Gasteiger partial charge in [0.15, 0.2) is 0 Å². The van der Waals surface area contributed by atoms with E-state index in [-0.39, 0.29) is 27.4 Å². The quantitative estimate of drug-likeness (QED) is 0.251. The van der Waals surface area contributed by atoms with Crippen molar-refractivity contribution in [1.82, 2.24) is 5.32 Å². The number of non-ortho nitro benzene ring substituents is 1. The maximum Gasteiger partial charge on any atom is 0.271 e. The van der Waals surface area contributed by atoms with Gasteiger partial charge in [0.2, 0.25) is 0 Å². The van der Waals surface area contributed by atoms with E-state index >= 15 is 0 Å². The van der Waals surface area contributed by atoms with Crippen LogP contribution in [-0.2, 0) is 19.4 Å². The van der Waals surface area contributed by atoms with Crippen LogP contribution in [0.5, 0.6) is 5.75 Å². The Kier molecular flexibility index (Phi) is 6.66. The van der Waals surface area contributed by atoms with Crippen LogP contribution in [0.25, 0.3) is 0 Å². The Morgan fingerprint density at radius 1 is 1.25 bits per heavy atom.